The molecule has 1 aliphatic heterocycles. The van der Waals surface area contributed by atoms with Crippen molar-refractivity contribution in [2.24, 2.45) is 0 Å². The molecule has 158 valence electrons. The number of cyclic esters (lactones) is 1. The number of amides is 1. The lowest BCUT2D eigenvalue weighted by molar-refractivity contribution is -0.274. The summed E-state index contributed by atoms with van der Waals surface area (Å²) in [6.07, 6.45) is -4.57. The van der Waals surface area contributed by atoms with E-state index in [1.54, 1.807) is 23.1 Å². The molecule has 2 heterocycles. The first-order chi connectivity index (χ1) is 14.3. The number of oxazole rings is 1. The molecule has 1 saturated heterocycles. The molecule has 0 bridgehead atoms. The molecule has 10 heteroatoms. The highest BCUT2D eigenvalue weighted by molar-refractivity contribution is 5.80. The fourth-order valence-corrected chi connectivity index (χ4v) is 3.35. The molecule has 2 aromatic carbocycles. The number of nitrogens with zero attached hydrogens (tertiary/aromatic N) is 2. The number of hydrogen-bond donors (Lipinski definition) is 0. The summed E-state index contributed by atoms with van der Waals surface area (Å²) in [5.74, 6) is -0.826. The van der Waals surface area contributed by atoms with Gasteiger partial charge in [-0.1, -0.05) is 18.2 Å². The zero-order valence-electron chi connectivity index (χ0n) is 15.6. The molecule has 0 unspecified atom stereocenters. The van der Waals surface area contributed by atoms with Gasteiger partial charge in [0.25, 0.3) is 0 Å². The van der Waals surface area contributed by atoms with Crippen LogP contribution in [0.1, 0.15) is 6.42 Å². The Bertz CT molecular complexity index is 1120. The lowest BCUT2D eigenvalue weighted by Crippen LogP contribution is -2.27. The first kappa shape index (κ1) is 19.9. The van der Waals surface area contributed by atoms with Crippen LogP contribution >= 0.6 is 0 Å². The Morgan fingerprint density at radius 1 is 1.00 bits per heavy atom. The van der Waals surface area contributed by atoms with Crippen molar-refractivity contribution in [2.45, 2.75) is 19.3 Å². The van der Waals surface area contributed by atoms with E-state index in [1.807, 2.05) is 0 Å². The number of rotatable bonds is 6. The van der Waals surface area contributed by atoms with Gasteiger partial charge in [-0.05, 0) is 41.8 Å². The van der Waals surface area contributed by atoms with Crippen LogP contribution in [0.15, 0.2) is 51.7 Å². The Morgan fingerprint density at radius 3 is 2.40 bits per heavy atom. The van der Waals surface area contributed by atoms with Crippen LogP contribution in [-0.2, 0) is 11.3 Å². The number of carbonyl (C=O) groups excluding carboxylic acids is 1. The van der Waals surface area contributed by atoms with Gasteiger partial charge in [-0.25, -0.2) is 9.59 Å². The van der Waals surface area contributed by atoms with Crippen LogP contribution in [0.3, 0.4) is 0 Å². The Balaban J connectivity index is 1.54. The fraction of sp³-hybridized carbons (Fsp3) is 0.300. The summed E-state index contributed by atoms with van der Waals surface area (Å²) in [5, 5.41) is 0. The van der Waals surface area contributed by atoms with Gasteiger partial charge in [0, 0.05) is 13.1 Å². The molecular weight excluding hydrogens is 405 g/mol. The minimum absolute atomic E-state index is 0.312. The zero-order valence-corrected chi connectivity index (χ0v) is 15.6. The summed E-state index contributed by atoms with van der Waals surface area (Å²) in [7, 11) is 0. The van der Waals surface area contributed by atoms with Crippen molar-refractivity contribution in [2.75, 3.05) is 19.7 Å². The molecule has 3 aromatic rings. The summed E-state index contributed by atoms with van der Waals surface area (Å²) >= 11 is 0. The van der Waals surface area contributed by atoms with Gasteiger partial charge in [-0.3, -0.25) is 4.57 Å². The summed E-state index contributed by atoms with van der Waals surface area (Å²) < 4.78 is 52.4. The molecule has 0 spiro atoms. The van der Waals surface area contributed by atoms with E-state index in [2.05, 4.69) is 4.74 Å². The number of ether oxygens (including phenoxy) is 2. The van der Waals surface area contributed by atoms with E-state index < -0.39 is 12.1 Å². The average Bonchev–Trinajstić information content (AvgIpc) is 3.23. The van der Waals surface area contributed by atoms with Crippen molar-refractivity contribution >= 4 is 17.2 Å². The number of fused-ring (bicyclic) bond motifs is 1. The minimum Gasteiger partial charge on any atom is -0.448 e. The topological polar surface area (TPSA) is 73.9 Å². The van der Waals surface area contributed by atoms with Crippen LogP contribution in [0, 0.1) is 0 Å². The van der Waals surface area contributed by atoms with E-state index in [4.69, 9.17) is 9.15 Å². The Kier molecular flexibility index (Phi) is 5.15. The predicted molar refractivity (Wildman–Crippen MR) is 100 cm³/mol. The van der Waals surface area contributed by atoms with Gasteiger partial charge >= 0.3 is 18.2 Å². The molecule has 4 rings (SSSR count). The van der Waals surface area contributed by atoms with Crippen LogP contribution in [0.25, 0.3) is 22.2 Å². The highest BCUT2D eigenvalue weighted by atomic mass is 19.4. The first-order valence-corrected chi connectivity index (χ1v) is 9.21. The second-order valence-electron chi connectivity index (χ2n) is 6.73. The van der Waals surface area contributed by atoms with Crippen LogP contribution in [-0.4, -0.2) is 41.6 Å². The molecule has 0 radical (unpaired) electrons. The quantitative estimate of drug-likeness (QED) is 0.600. The first-order valence-electron chi connectivity index (χ1n) is 9.21. The molecule has 1 aliphatic rings. The smallest absolute Gasteiger partial charge is 0.448 e. The zero-order chi connectivity index (χ0) is 21.3. The largest absolute Gasteiger partial charge is 0.573 e. The van der Waals surface area contributed by atoms with Crippen molar-refractivity contribution in [1.82, 2.24) is 9.47 Å². The molecule has 0 atom stereocenters. The normalized spacial score (nSPS) is 14.4. The molecule has 1 amide bonds. The van der Waals surface area contributed by atoms with E-state index >= 15 is 0 Å². The number of benzene rings is 2. The SMILES string of the molecule is O=C1OCCN1CCCn1c(=O)oc2ccc(-c3ccc(OC(F)(F)F)cc3)cc21. The number of carbonyl (C=O) groups is 1. The Morgan fingerprint density at radius 2 is 1.73 bits per heavy atom. The molecule has 1 fully saturated rings. The minimum atomic E-state index is -4.75. The molecule has 7 nitrogen and oxygen atoms in total. The maximum absolute atomic E-state index is 12.3. The number of hydrogen-bond acceptors (Lipinski definition) is 5. The number of alkyl halides is 3. The summed E-state index contributed by atoms with van der Waals surface area (Å²) in [5.41, 5.74) is 2.34. The van der Waals surface area contributed by atoms with Crippen LogP contribution in [0.5, 0.6) is 5.75 Å². The Labute approximate surface area is 168 Å². The summed E-state index contributed by atoms with van der Waals surface area (Å²) in [6, 6.07) is 10.6. The van der Waals surface area contributed by atoms with Gasteiger partial charge in [0.2, 0.25) is 0 Å². The third kappa shape index (κ3) is 4.27. The standard InChI is InChI=1S/C20H17F3N2O5/c21-20(22,23)30-15-5-2-13(3-6-15)14-4-7-17-16(12-14)25(19(27)29-17)9-1-8-24-10-11-28-18(24)26/h2-7,12H,1,8-11H2. The number of aromatic nitrogens is 1. The maximum Gasteiger partial charge on any atom is 0.573 e. The van der Waals surface area contributed by atoms with Crippen molar-refractivity contribution in [3.05, 3.63) is 53.0 Å². The fourth-order valence-electron chi connectivity index (χ4n) is 3.35. The van der Waals surface area contributed by atoms with Crippen LogP contribution < -0.4 is 10.5 Å². The van der Waals surface area contributed by atoms with Gasteiger partial charge < -0.3 is 18.8 Å². The van der Waals surface area contributed by atoms with Gasteiger partial charge in [-0.2, -0.15) is 0 Å². The third-order valence-corrected chi connectivity index (χ3v) is 4.74. The second-order valence-corrected chi connectivity index (χ2v) is 6.73. The summed E-state index contributed by atoms with van der Waals surface area (Å²) in [4.78, 5) is 25.3. The van der Waals surface area contributed by atoms with E-state index in [-0.39, 0.29) is 11.8 Å². The van der Waals surface area contributed by atoms with E-state index in [9.17, 15) is 22.8 Å². The van der Waals surface area contributed by atoms with E-state index in [0.29, 0.717) is 54.9 Å². The highest BCUT2D eigenvalue weighted by Gasteiger charge is 2.31. The molecule has 1 aromatic heterocycles. The molecular formula is C20H17F3N2O5. The molecule has 30 heavy (non-hydrogen) atoms. The average molecular weight is 422 g/mol. The van der Waals surface area contributed by atoms with Gasteiger partial charge in [0.05, 0.1) is 12.1 Å². The monoisotopic (exact) mass is 422 g/mol. The highest BCUT2D eigenvalue weighted by Crippen LogP contribution is 2.28. The van der Waals surface area contributed by atoms with Crippen LogP contribution in [0.2, 0.25) is 0 Å². The second kappa shape index (κ2) is 7.77. The van der Waals surface area contributed by atoms with Gasteiger partial charge in [0.1, 0.15) is 12.4 Å². The van der Waals surface area contributed by atoms with E-state index in [1.165, 1.54) is 28.8 Å². The maximum atomic E-state index is 12.3. The lowest BCUT2D eigenvalue weighted by Gasteiger charge is -2.12. The van der Waals surface area contributed by atoms with Gasteiger partial charge in [0.15, 0.2) is 5.58 Å². The van der Waals surface area contributed by atoms with Gasteiger partial charge in [-0.15, -0.1) is 13.2 Å². The number of halogens is 3. The molecule has 0 aliphatic carbocycles. The van der Waals surface area contributed by atoms with Crippen molar-refractivity contribution in [1.29, 1.82) is 0 Å². The molecule has 0 N–H and O–H groups in total. The Hall–Kier alpha value is -3.43. The lowest BCUT2D eigenvalue weighted by atomic mass is 10.1. The molecule has 0 saturated carbocycles. The third-order valence-electron chi connectivity index (χ3n) is 4.74. The van der Waals surface area contributed by atoms with Crippen molar-refractivity contribution in [3.8, 4) is 16.9 Å². The van der Waals surface area contributed by atoms with Crippen molar-refractivity contribution < 1.29 is 31.9 Å². The number of aryl methyl sites for hydroxylation is 1. The van der Waals surface area contributed by atoms with Crippen LogP contribution in [0.4, 0.5) is 18.0 Å². The van der Waals surface area contributed by atoms with Crippen molar-refractivity contribution in [3.63, 3.8) is 0 Å². The summed E-state index contributed by atoms with van der Waals surface area (Å²) in [6.45, 7) is 1.69. The van der Waals surface area contributed by atoms with E-state index in [0.717, 1.165) is 0 Å². The predicted octanol–water partition coefficient (Wildman–Crippen LogP) is 4.00.